The molecule has 0 radical (unpaired) electrons. The van der Waals surface area contributed by atoms with Gasteiger partial charge in [0, 0.05) is 17.4 Å². The highest BCUT2D eigenvalue weighted by atomic mass is 19.4. The Labute approximate surface area is 197 Å². The first-order valence-electron chi connectivity index (χ1n) is 10.7. The fraction of sp³-hybridized carbons (Fsp3) is 0.417. The van der Waals surface area contributed by atoms with E-state index in [0.717, 1.165) is 20.1 Å². The summed E-state index contributed by atoms with van der Waals surface area (Å²) in [4.78, 5) is 19.4. The molecule has 0 aliphatic carbocycles. The maximum atomic E-state index is 14.5. The molecule has 4 rings (SSSR count). The Morgan fingerprint density at radius 2 is 1.89 bits per heavy atom. The predicted octanol–water partition coefficient (Wildman–Crippen LogP) is 5.76. The van der Waals surface area contributed by atoms with Crippen LogP contribution in [-0.4, -0.2) is 41.9 Å². The molecule has 1 aromatic heterocycles. The van der Waals surface area contributed by atoms with Crippen molar-refractivity contribution in [3.63, 3.8) is 0 Å². The van der Waals surface area contributed by atoms with E-state index in [1.807, 2.05) is 0 Å². The van der Waals surface area contributed by atoms with Crippen molar-refractivity contribution in [2.45, 2.75) is 44.6 Å². The normalized spacial score (nSPS) is 24.7. The van der Waals surface area contributed by atoms with Crippen molar-refractivity contribution < 1.29 is 41.0 Å². The minimum atomic E-state index is -4.77. The predicted molar refractivity (Wildman–Crippen MR) is 115 cm³/mol. The van der Waals surface area contributed by atoms with Crippen molar-refractivity contribution >= 4 is 17.0 Å². The minimum Gasteiger partial charge on any atom is -0.493 e. The molecule has 1 aliphatic rings. The first-order valence-corrected chi connectivity index (χ1v) is 10.7. The van der Waals surface area contributed by atoms with Gasteiger partial charge in [0.15, 0.2) is 17.2 Å². The highest BCUT2D eigenvalue weighted by molar-refractivity contribution is 5.94. The van der Waals surface area contributed by atoms with E-state index < -0.39 is 53.1 Å². The molecule has 35 heavy (non-hydrogen) atoms. The highest BCUT2D eigenvalue weighted by Crippen LogP contribution is 2.59. The monoisotopic (exact) mass is 498 g/mol. The number of rotatable bonds is 4. The maximum absolute atomic E-state index is 14.5. The van der Waals surface area contributed by atoms with Crippen LogP contribution in [0, 0.1) is 24.5 Å². The summed E-state index contributed by atoms with van der Waals surface area (Å²) < 4.78 is 86.4. The number of hydrogen-bond acceptors (Lipinski definition) is 5. The second-order valence-corrected chi connectivity index (χ2v) is 8.74. The number of H-pyrrole nitrogens is 1. The van der Waals surface area contributed by atoms with Crippen molar-refractivity contribution in [1.82, 2.24) is 9.97 Å². The number of ether oxygens (including phenoxy) is 3. The first-order chi connectivity index (χ1) is 16.3. The van der Waals surface area contributed by atoms with Gasteiger partial charge in [0.05, 0.1) is 30.8 Å². The van der Waals surface area contributed by atoms with Crippen LogP contribution in [0.25, 0.3) is 11.0 Å². The van der Waals surface area contributed by atoms with Gasteiger partial charge in [-0.1, -0.05) is 13.0 Å². The fourth-order valence-electron chi connectivity index (χ4n) is 4.73. The number of fused-ring (bicyclic) bond motifs is 1. The Morgan fingerprint density at radius 3 is 2.49 bits per heavy atom. The summed E-state index contributed by atoms with van der Waals surface area (Å²) in [5.41, 5.74) is -0.994. The number of aryl methyl sites for hydroxylation is 1. The Bertz CT molecular complexity index is 1310. The first kappa shape index (κ1) is 24.9. The van der Waals surface area contributed by atoms with Crippen LogP contribution >= 0.6 is 0 Å². The zero-order valence-corrected chi connectivity index (χ0v) is 19.5. The molecule has 11 heteroatoms. The Morgan fingerprint density at radius 1 is 1.20 bits per heavy atom. The van der Waals surface area contributed by atoms with E-state index in [2.05, 4.69) is 9.97 Å². The molecule has 1 fully saturated rings. The summed E-state index contributed by atoms with van der Waals surface area (Å²) in [6.07, 6.45) is -6.09. The number of carbonyl (C=O) groups excluding carboxylic acids is 1. The molecule has 4 atom stereocenters. The lowest BCUT2D eigenvalue weighted by Crippen LogP contribution is -2.46. The molecule has 0 saturated carbocycles. The zero-order chi connectivity index (χ0) is 25.9. The number of hydrogen-bond donors (Lipinski definition) is 1. The second kappa shape index (κ2) is 8.47. The molecule has 0 spiro atoms. The van der Waals surface area contributed by atoms with Crippen LogP contribution in [0.4, 0.5) is 22.0 Å². The average Bonchev–Trinajstić information content (AvgIpc) is 3.35. The number of esters is 1. The Balaban J connectivity index is 1.92. The van der Waals surface area contributed by atoms with Crippen LogP contribution in [0.15, 0.2) is 24.3 Å². The zero-order valence-electron chi connectivity index (χ0n) is 19.5. The quantitative estimate of drug-likeness (QED) is 0.366. The average molecular weight is 498 g/mol. The van der Waals surface area contributed by atoms with Crippen LogP contribution in [0.5, 0.6) is 5.75 Å². The topological polar surface area (TPSA) is 73.4 Å². The number of benzene rings is 2. The van der Waals surface area contributed by atoms with E-state index in [4.69, 9.17) is 14.2 Å². The standard InChI is InChI=1S/C24H23F5N2O4/c1-10-8-12(22(32)34-5)9-15-18(10)31-21(30-15)20-16(11(2)23(3,35-20)24(27,28)29)13-6-7-14(25)17(26)19(13)33-4/h6-9,11,16,20H,1-5H3,(H,30,31)/t11-,16-,20+,23+/m0/s1. The van der Waals surface area contributed by atoms with Crippen molar-refractivity contribution in [3.8, 4) is 5.75 Å². The SMILES string of the molecule is COC(=O)c1cc(C)c2nc([C@@H]3O[C@@](C)(C(F)(F)F)[C@@H](C)[C@H]3c3ccc(F)c(F)c3OC)[nH]c2c1. The van der Waals surface area contributed by atoms with Gasteiger partial charge in [-0.25, -0.2) is 14.2 Å². The lowest BCUT2D eigenvalue weighted by atomic mass is 9.77. The summed E-state index contributed by atoms with van der Waals surface area (Å²) in [5.74, 6) is -5.88. The second-order valence-electron chi connectivity index (χ2n) is 8.74. The van der Waals surface area contributed by atoms with E-state index in [-0.39, 0.29) is 17.0 Å². The molecule has 188 valence electrons. The van der Waals surface area contributed by atoms with Crippen LogP contribution in [0.2, 0.25) is 0 Å². The summed E-state index contributed by atoms with van der Waals surface area (Å²) in [6.45, 7) is 3.94. The molecule has 1 N–H and O–H groups in total. The van der Waals surface area contributed by atoms with Gasteiger partial charge in [-0.3, -0.25) is 0 Å². The molecule has 0 amide bonds. The van der Waals surface area contributed by atoms with Gasteiger partial charge < -0.3 is 19.2 Å². The van der Waals surface area contributed by atoms with E-state index in [1.165, 1.54) is 26.2 Å². The molecular weight excluding hydrogens is 475 g/mol. The number of imidazole rings is 1. The number of aromatic amines is 1. The highest BCUT2D eigenvalue weighted by Gasteiger charge is 2.65. The summed E-state index contributed by atoms with van der Waals surface area (Å²) in [7, 11) is 2.34. The smallest absolute Gasteiger partial charge is 0.417 e. The van der Waals surface area contributed by atoms with Gasteiger partial charge >= 0.3 is 12.1 Å². The van der Waals surface area contributed by atoms with Crippen LogP contribution < -0.4 is 4.74 Å². The number of aromatic nitrogens is 2. The molecule has 1 aliphatic heterocycles. The molecular formula is C24H23F5N2O4. The van der Waals surface area contributed by atoms with Crippen molar-refractivity contribution in [2.75, 3.05) is 14.2 Å². The third kappa shape index (κ3) is 3.81. The molecule has 2 heterocycles. The van der Waals surface area contributed by atoms with E-state index in [1.54, 1.807) is 13.0 Å². The Hall–Kier alpha value is -3.21. The molecule has 2 aromatic carbocycles. The largest absolute Gasteiger partial charge is 0.493 e. The molecule has 0 bridgehead atoms. The van der Waals surface area contributed by atoms with Gasteiger partial charge in [-0.05, 0) is 37.6 Å². The fourth-order valence-corrected chi connectivity index (χ4v) is 4.73. The van der Waals surface area contributed by atoms with E-state index >= 15 is 0 Å². The number of halogens is 5. The number of methoxy groups -OCH3 is 2. The third-order valence-electron chi connectivity index (χ3n) is 6.80. The Kier molecular flexibility index (Phi) is 6.03. The van der Waals surface area contributed by atoms with Gasteiger partial charge in [0.1, 0.15) is 11.9 Å². The minimum absolute atomic E-state index is 0.0179. The third-order valence-corrected chi connectivity index (χ3v) is 6.80. The van der Waals surface area contributed by atoms with Crippen molar-refractivity contribution in [3.05, 3.63) is 58.4 Å². The molecule has 0 unspecified atom stereocenters. The molecule has 3 aromatic rings. The lowest BCUT2D eigenvalue weighted by Gasteiger charge is -2.32. The van der Waals surface area contributed by atoms with Crippen LogP contribution in [-0.2, 0) is 9.47 Å². The van der Waals surface area contributed by atoms with Crippen molar-refractivity contribution in [1.29, 1.82) is 0 Å². The molecule has 1 saturated heterocycles. The summed E-state index contributed by atoms with van der Waals surface area (Å²) in [5, 5.41) is 0. The van der Waals surface area contributed by atoms with Crippen LogP contribution in [0.1, 0.15) is 53.2 Å². The van der Waals surface area contributed by atoms with E-state index in [9.17, 15) is 26.7 Å². The van der Waals surface area contributed by atoms with Gasteiger partial charge in [-0.2, -0.15) is 17.6 Å². The van der Waals surface area contributed by atoms with Crippen molar-refractivity contribution in [2.24, 2.45) is 5.92 Å². The number of nitrogens with zero attached hydrogens (tertiary/aromatic N) is 1. The van der Waals surface area contributed by atoms with Gasteiger partial charge in [-0.15, -0.1) is 0 Å². The van der Waals surface area contributed by atoms with Gasteiger partial charge in [0.2, 0.25) is 5.82 Å². The molecule has 6 nitrogen and oxygen atoms in total. The summed E-state index contributed by atoms with van der Waals surface area (Å²) >= 11 is 0. The maximum Gasteiger partial charge on any atom is 0.417 e. The van der Waals surface area contributed by atoms with Crippen LogP contribution in [0.3, 0.4) is 0 Å². The number of carbonyl (C=O) groups is 1. The van der Waals surface area contributed by atoms with E-state index in [0.29, 0.717) is 16.6 Å². The number of nitrogens with one attached hydrogen (secondary N) is 1. The summed E-state index contributed by atoms with van der Waals surface area (Å²) in [6, 6.07) is 5.05. The lowest BCUT2D eigenvalue weighted by molar-refractivity contribution is -0.275. The number of alkyl halides is 3. The van der Waals surface area contributed by atoms with Gasteiger partial charge in [0.25, 0.3) is 0 Å².